The predicted octanol–water partition coefficient (Wildman–Crippen LogP) is 3.42. The minimum absolute atomic E-state index is 0.682. The number of nitrogens with one attached hydrogen (secondary N) is 1. The molecule has 1 aromatic heterocycles. The molecule has 2 aromatic rings. The zero-order valence-electron chi connectivity index (χ0n) is 11.1. The molecule has 3 heteroatoms. The Morgan fingerprint density at radius 2 is 2.00 bits per heavy atom. The molecule has 1 aliphatic rings. The molecule has 1 N–H and O–H groups in total. The standard InChI is InChI=1S/C15H18N2S/c1-9-4-5-10(2)13(6-9)15-17-11(3)14(18-15)12-7-16-8-12/h4-6,12,16H,7-8H2,1-3H3. The number of aromatic nitrogens is 1. The fourth-order valence-corrected chi connectivity index (χ4v) is 3.59. The summed E-state index contributed by atoms with van der Waals surface area (Å²) in [6, 6.07) is 6.60. The van der Waals surface area contributed by atoms with E-state index in [4.69, 9.17) is 4.98 Å². The Hall–Kier alpha value is -1.19. The van der Waals surface area contributed by atoms with Crippen molar-refractivity contribution in [3.8, 4) is 10.6 Å². The van der Waals surface area contributed by atoms with Crippen LogP contribution < -0.4 is 5.32 Å². The minimum atomic E-state index is 0.682. The lowest BCUT2D eigenvalue weighted by Crippen LogP contribution is -2.39. The average molecular weight is 258 g/mol. The van der Waals surface area contributed by atoms with Crippen molar-refractivity contribution in [1.82, 2.24) is 10.3 Å². The molecule has 0 aliphatic carbocycles. The van der Waals surface area contributed by atoms with Gasteiger partial charge in [0.1, 0.15) is 5.01 Å². The van der Waals surface area contributed by atoms with Crippen LogP contribution in [0.25, 0.3) is 10.6 Å². The number of benzene rings is 1. The van der Waals surface area contributed by atoms with Crippen LogP contribution in [0.1, 0.15) is 27.6 Å². The van der Waals surface area contributed by atoms with Gasteiger partial charge >= 0.3 is 0 Å². The summed E-state index contributed by atoms with van der Waals surface area (Å²) >= 11 is 1.87. The van der Waals surface area contributed by atoms with Crippen LogP contribution in [0.3, 0.4) is 0 Å². The number of nitrogens with zero attached hydrogens (tertiary/aromatic N) is 1. The smallest absolute Gasteiger partial charge is 0.124 e. The van der Waals surface area contributed by atoms with Gasteiger partial charge in [0.25, 0.3) is 0 Å². The number of rotatable bonds is 2. The van der Waals surface area contributed by atoms with Gasteiger partial charge in [-0.2, -0.15) is 0 Å². The van der Waals surface area contributed by atoms with E-state index in [2.05, 4.69) is 44.3 Å². The van der Waals surface area contributed by atoms with E-state index in [0.29, 0.717) is 5.92 Å². The molecular formula is C15H18N2S. The van der Waals surface area contributed by atoms with Crippen molar-refractivity contribution in [2.24, 2.45) is 0 Å². The summed E-state index contributed by atoms with van der Waals surface area (Å²) in [5.41, 5.74) is 5.12. The molecule has 2 heterocycles. The molecule has 2 nitrogen and oxygen atoms in total. The van der Waals surface area contributed by atoms with E-state index >= 15 is 0 Å². The van der Waals surface area contributed by atoms with E-state index in [9.17, 15) is 0 Å². The van der Waals surface area contributed by atoms with Gasteiger partial charge in [-0.3, -0.25) is 0 Å². The molecule has 3 rings (SSSR count). The second-order valence-corrected chi connectivity index (χ2v) is 6.17. The maximum atomic E-state index is 4.78. The fourth-order valence-electron chi connectivity index (χ4n) is 2.34. The number of hydrogen-bond donors (Lipinski definition) is 1. The van der Waals surface area contributed by atoms with E-state index in [1.165, 1.54) is 32.3 Å². The molecule has 1 aromatic carbocycles. The Labute approximate surface area is 112 Å². The molecule has 0 bridgehead atoms. The third kappa shape index (κ3) is 1.98. The molecule has 0 spiro atoms. The molecule has 0 unspecified atom stereocenters. The van der Waals surface area contributed by atoms with Crippen LogP contribution >= 0.6 is 11.3 Å². The van der Waals surface area contributed by atoms with Crippen LogP contribution in [0.5, 0.6) is 0 Å². The first kappa shape index (κ1) is 11.9. The minimum Gasteiger partial charge on any atom is -0.315 e. The summed E-state index contributed by atoms with van der Waals surface area (Å²) in [5, 5.41) is 4.51. The lowest BCUT2D eigenvalue weighted by Gasteiger charge is -2.26. The monoisotopic (exact) mass is 258 g/mol. The topological polar surface area (TPSA) is 24.9 Å². The predicted molar refractivity (Wildman–Crippen MR) is 77.4 cm³/mol. The van der Waals surface area contributed by atoms with Gasteiger partial charge in [0.15, 0.2) is 0 Å². The zero-order valence-corrected chi connectivity index (χ0v) is 11.9. The molecule has 18 heavy (non-hydrogen) atoms. The molecule has 0 saturated carbocycles. The van der Waals surface area contributed by atoms with Crippen molar-refractivity contribution in [2.45, 2.75) is 26.7 Å². The maximum Gasteiger partial charge on any atom is 0.124 e. The lowest BCUT2D eigenvalue weighted by molar-refractivity contribution is 0.452. The molecule has 0 atom stereocenters. The van der Waals surface area contributed by atoms with Crippen LogP contribution in [0, 0.1) is 20.8 Å². The van der Waals surface area contributed by atoms with Gasteiger partial charge in [0.2, 0.25) is 0 Å². The third-order valence-corrected chi connectivity index (χ3v) is 4.96. The molecule has 1 aliphatic heterocycles. The Morgan fingerprint density at radius 1 is 1.22 bits per heavy atom. The molecule has 0 radical (unpaired) electrons. The van der Waals surface area contributed by atoms with Gasteiger partial charge < -0.3 is 5.32 Å². The van der Waals surface area contributed by atoms with E-state index in [-0.39, 0.29) is 0 Å². The van der Waals surface area contributed by atoms with Crippen LogP contribution in [0.15, 0.2) is 18.2 Å². The summed E-state index contributed by atoms with van der Waals surface area (Å²) in [4.78, 5) is 6.24. The van der Waals surface area contributed by atoms with Gasteiger partial charge in [-0.05, 0) is 32.4 Å². The van der Waals surface area contributed by atoms with Crippen molar-refractivity contribution in [2.75, 3.05) is 13.1 Å². The molecule has 1 saturated heterocycles. The van der Waals surface area contributed by atoms with Crippen molar-refractivity contribution < 1.29 is 0 Å². The van der Waals surface area contributed by atoms with Crippen molar-refractivity contribution in [3.63, 3.8) is 0 Å². The summed E-state index contributed by atoms with van der Waals surface area (Å²) in [5.74, 6) is 0.682. The van der Waals surface area contributed by atoms with Crippen LogP contribution in [-0.2, 0) is 0 Å². The lowest BCUT2D eigenvalue weighted by atomic mass is 10.0. The highest BCUT2D eigenvalue weighted by atomic mass is 32.1. The zero-order chi connectivity index (χ0) is 12.7. The maximum absolute atomic E-state index is 4.78. The summed E-state index contributed by atoms with van der Waals surface area (Å²) in [6.45, 7) is 8.65. The first-order chi connectivity index (χ1) is 8.65. The highest BCUT2D eigenvalue weighted by molar-refractivity contribution is 7.15. The average Bonchev–Trinajstić information content (AvgIpc) is 2.62. The van der Waals surface area contributed by atoms with Crippen LogP contribution in [0.2, 0.25) is 0 Å². The highest BCUT2D eigenvalue weighted by Crippen LogP contribution is 2.35. The second-order valence-electron chi connectivity index (χ2n) is 5.14. The summed E-state index contributed by atoms with van der Waals surface area (Å²) in [7, 11) is 0. The number of thiazole rings is 1. The van der Waals surface area contributed by atoms with E-state index in [0.717, 1.165) is 13.1 Å². The van der Waals surface area contributed by atoms with Gasteiger partial charge in [-0.1, -0.05) is 17.7 Å². The van der Waals surface area contributed by atoms with Crippen LogP contribution in [0.4, 0.5) is 0 Å². The summed E-state index contributed by atoms with van der Waals surface area (Å²) in [6.07, 6.45) is 0. The Morgan fingerprint density at radius 3 is 2.67 bits per heavy atom. The molecule has 0 amide bonds. The van der Waals surface area contributed by atoms with E-state index in [1.807, 2.05) is 11.3 Å². The third-order valence-electron chi connectivity index (χ3n) is 3.61. The Balaban J connectivity index is 2.03. The second kappa shape index (κ2) is 4.48. The first-order valence-corrected chi connectivity index (χ1v) is 7.22. The highest BCUT2D eigenvalue weighted by Gasteiger charge is 2.24. The fraction of sp³-hybridized carbons (Fsp3) is 0.400. The first-order valence-electron chi connectivity index (χ1n) is 6.41. The van der Waals surface area contributed by atoms with Crippen molar-refractivity contribution in [3.05, 3.63) is 39.9 Å². The SMILES string of the molecule is Cc1ccc(C)c(-c2nc(C)c(C3CNC3)s2)c1. The van der Waals surface area contributed by atoms with Gasteiger partial charge in [-0.15, -0.1) is 11.3 Å². The Kier molecular flexibility index (Phi) is 2.96. The van der Waals surface area contributed by atoms with Gasteiger partial charge in [0.05, 0.1) is 5.69 Å². The van der Waals surface area contributed by atoms with Gasteiger partial charge in [0, 0.05) is 29.4 Å². The number of aryl methyl sites for hydroxylation is 3. The van der Waals surface area contributed by atoms with E-state index in [1.54, 1.807) is 0 Å². The molecule has 1 fully saturated rings. The largest absolute Gasteiger partial charge is 0.315 e. The quantitative estimate of drug-likeness (QED) is 0.892. The number of hydrogen-bond acceptors (Lipinski definition) is 3. The van der Waals surface area contributed by atoms with Crippen LogP contribution in [-0.4, -0.2) is 18.1 Å². The normalized spacial score (nSPS) is 15.7. The van der Waals surface area contributed by atoms with E-state index < -0.39 is 0 Å². The van der Waals surface area contributed by atoms with Gasteiger partial charge in [-0.25, -0.2) is 4.98 Å². The molecular weight excluding hydrogens is 240 g/mol. The van der Waals surface area contributed by atoms with Crippen molar-refractivity contribution >= 4 is 11.3 Å². The molecule has 94 valence electrons. The summed E-state index contributed by atoms with van der Waals surface area (Å²) < 4.78 is 0. The Bertz CT molecular complexity index is 582. The van der Waals surface area contributed by atoms with Crippen molar-refractivity contribution in [1.29, 1.82) is 0 Å².